The van der Waals surface area contributed by atoms with Crippen LogP contribution >= 0.6 is 0 Å². The monoisotopic (exact) mass is 745 g/mol. The lowest BCUT2D eigenvalue weighted by Crippen LogP contribution is -2.12. The molecular weight excluding hydrogens is 700 g/mol. The number of Topliss-reactive ketones (excluding diaryl/α,β-unsaturated/α-hetero) is 1. The summed E-state index contributed by atoms with van der Waals surface area (Å²) in [7, 11) is 7.31. The van der Waals surface area contributed by atoms with Gasteiger partial charge in [-0.2, -0.15) is 0 Å². The molecule has 0 spiro atoms. The number of carbonyl (C=O) groups excluding carboxylic acids is 1. The van der Waals surface area contributed by atoms with Crippen molar-refractivity contribution < 1.29 is 46.7 Å². The molecule has 0 amide bonds. The molecule has 0 radical (unpaired) electrons. The van der Waals surface area contributed by atoms with Crippen LogP contribution in [0.15, 0.2) is 72.8 Å². The van der Waals surface area contributed by atoms with Gasteiger partial charge in [-0.1, -0.05) is 24.3 Å². The maximum absolute atomic E-state index is 15.4. The van der Waals surface area contributed by atoms with Gasteiger partial charge in [-0.15, -0.1) is 0 Å². The maximum Gasteiger partial charge on any atom is 0.203 e. The van der Waals surface area contributed by atoms with E-state index in [-0.39, 0.29) is 23.8 Å². The lowest BCUT2D eigenvalue weighted by atomic mass is 10.0. The van der Waals surface area contributed by atoms with Crippen molar-refractivity contribution in [3.05, 3.63) is 95.6 Å². The first kappa shape index (κ1) is 39.7. The Bertz CT molecular complexity index is 2010. The molecule has 0 aliphatic heterocycles. The van der Waals surface area contributed by atoms with Gasteiger partial charge in [0.05, 0.1) is 66.8 Å². The summed E-state index contributed by atoms with van der Waals surface area (Å²) in [5, 5.41) is 0. The van der Waals surface area contributed by atoms with Gasteiger partial charge >= 0.3 is 0 Å². The van der Waals surface area contributed by atoms with Gasteiger partial charge in [0.2, 0.25) is 5.75 Å². The summed E-state index contributed by atoms with van der Waals surface area (Å²) in [6, 6.07) is 19.9. The van der Waals surface area contributed by atoms with Crippen LogP contribution < -0.4 is 29.4 Å². The summed E-state index contributed by atoms with van der Waals surface area (Å²) in [6.45, 7) is 2.51. The Hall–Kier alpha value is -5.50. The van der Waals surface area contributed by atoms with Crippen molar-refractivity contribution in [2.75, 3.05) is 68.5 Å². The molecule has 0 aliphatic rings. The Kier molecular flexibility index (Phi) is 14.0. The highest BCUT2D eigenvalue weighted by Gasteiger charge is 2.25. The predicted octanol–water partition coefficient (Wildman–Crippen LogP) is 7.21. The van der Waals surface area contributed by atoms with E-state index in [4.69, 9.17) is 43.9 Å². The molecule has 1 aromatic heterocycles. The van der Waals surface area contributed by atoms with Crippen LogP contribution in [0.5, 0.6) is 28.7 Å². The first-order valence-electron chi connectivity index (χ1n) is 17.3. The fraction of sp³-hybridized carbons (Fsp3) is 0.317. The fourth-order valence-electron chi connectivity index (χ4n) is 6.02. The number of rotatable bonds is 20. The van der Waals surface area contributed by atoms with Crippen molar-refractivity contribution in [1.82, 2.24) is 9.55 Å². The third-order valence-corrected chi connectivity index (χ3v) is 8.68. The molecule has 5 aromatic rings. The number of hydrogen-bond acceptors (Lipinski definition) is 10. The van der Waals surface area contributed by atoms with E-state index in [1.54, 1.807) is 36.4 Å². The van der Waals surface area contributed by atoms with E-state index < -0.39 is 11.6 Å². The number of hydrogen-bond donors (Lipinski definition) is 1. The average Bonchev–Trinajstić information content (AvgIpc) is 3.57. The van der Waals surface area contributed by atoms with Gasteiger partial charge in [0.1, 0.15) is 5.82 Å². The Morgan fingerprint density at radius 2 is 1.24 bits per heavy atom. The van der Waals surface area contributed by atoms with Crippen LogP contribution in [0.25, 0.3) is 33.9 Å². The second-order valence-electron chi connectivity index (χ2n) is 12.1. The van der Waals surface area contributed by atoms with E-state index in [0.717, 1.165) is 5.56 Å². The van der Waals surface area contributed by atoms with Crippen LogP contribution in [0, 0.1) is 11.6 Å². The van der Waals surface area contributed by atoms with E-state index in [1.807, 2.05) is 16.7 Å². The molecule has 0 fully saturated rings. The maximum atomic E-state index is 15.4. The van der Waals surface area contributed by atoms with Gasteiger partial charge in [-0.05, 0) is 60.5 Å². The number of methoxy groups -OCH3 is 5. The Labute approximate surface area is 313 Å². The summed E-state index contributed by atoms with van der Waals surface area (Å²) in [4.78, 5) is 18.1. The van der Waals surface area contributed by atoms with Crippen molar-refractivity contribution in [2.24, 2.45) is 5.73 Å². The number of benzene rings is 4. The van der Waals surface area contributed by atoms with Crippen molar-refractivity contribution in [1.29, 1.82) is 0 Å². The molecule has 0 aliphatic carbocycles. The highest BCUT2D eigenvalue weighted by atomic mass is 19.1. The van der Waals surface area contributed by atoms with E-state index >= 15 is 8.78 Å². The second-order valence-corrected chi connectivity index (χ2v) is 12.1. The largest absolute Gasteiger partial charge is 0.494 e. The molecule has 13 heteroatoms. The lowest BCUT2D eigenvalue weighted by molar-refractivity contribution is 0.0489. The number of halogens is 2. The lowest BCUT2D eigenvalue weighted by Gasteiger charge is -2.17. The van der Waals surface area contributed by atoms with E-state index in [1.165, 1.54) is 59.8 Å². The quantitative estimate of drug-likeness (QED) is 0.0646. The molecule has 1 heterocycles. The third kappa shape index (κ3) is 9.16. The minimum atomic E-state index is -0.589. The number of nitrogens with two attached hydrogens (primary N) is 1. The smallest absolute Gasteiger partial charge is 0.203 e. The summed E-state index contributed by atoms with van der Waals surface area (Å²) in [5.74, 6) is 0.563. The molecule has 0 saturated heterocycles. The molecule has 5 rings (SSSR count). The highest BCUT2D eigenvalue weighted by molar-refractivity contribution is 5.96. The van der Waals surface area contributed by atoms with Crippen LogP contribution in [-0.4, -0.2) is 83.9 Å². The van der Waals surface area contributed by atoms with Crippen molar-refractivity contribution in [3.8, 4) is 62.7 Å². The van der Waals surface area contributed by atoms with Gasteiger partial charge in [0, 0.05) is 48.4 Å². The van der Waals surface area contributed by atoms with Crippen LogP contribution in [0.3, 0.4) is 0 Å². The molecule has 286 valence electrons. The van der Waals surface area contributed by atoms with Gasteiger partial charge < -0.3 is 43.5 Å². The Morgan fingerprint density at radius 1 is 0.667 bits per heavy atom. The average molecular weight is 746 g/mol. The van der Waals surface area contributed by atoms with Gasteiger partial charge in [-0.3, -0.25) is 4.79 Å². The number of nitrogens with zero attached hydrogens (tertiary/aromatic N) is 2. The fourth-order valence-corrected chi connectivity index (χ4v) is 6.02. The summed E-state index contributed by atoms with van der Waals surface area (Å²) < 4.78 is 70.7. The zero-order chi connectivity index (χ0) is 38.6. The van der Waals surface area contributed by atoms with Crippen LogP contribution in [0.4, 0.5) is 8.78 Å². The number of imidazole rings is 1. The van der Waals surface area contributed by atoms with Crippen LogP contribution in [0.2, 0.25) is 0 Å². The Morgan fingerprint density at radius 3 is 1.80 bits per heavy atom. The van der Waals surface area contributed by atoms with E-state index in [0.29, 0.717) is 103 Å². The molecule has 11 nitrogen and oxygen atoms in total. The number of ketones is 1. The summed E-state index contributed by atoms with van der Waals surface area (Å²) >= 11 is 0. The van der Waals surface area contributed by atoms with Crippen molar-refractivity contribution in [3.63, 3.8) is 0 Å². The van der Waals surface area contributed by atoms with Gasteiger partial charge in [0.25, 0.3) is 0 Å². The molecule has 0 unspecified atom stereocenters. The van der Waals surface area contributed by atoms with Gasteiger partial charge in [-0.25, -0.2) is 13.8 Å². The first-order chi connectivity index (χ1) is 26.3. The zero-order valence-electron chi connectivity index (χ0n) is 31.1. The molecule has 0 bridgehead atoms. The number of ether oxygens (including phenoxy) is 7. The number of carbonyl (C=O) groups is 1. The zero-order valence-corrected chi connectivity index (χ0v) is 31.1. The molecule has 4 aromatic carbocycles. The summed E-state index contributed by atoms with van der Waals surface area (Å²) in [6.07, 6.45) is 0.895. The first-order valence-corrected chi connectivity index (χ1v) is 17.3. The van der Waals surface area contributed by atoms with Gasteiger partial charge in [0.15, 0.2) is 40.4 Å². The normalized spacial score (nSPS) is 11.0. The summed E-state index contributed by atoms with van der Waals surface area (Å²) in [5.41, 5.74) is 9.15. The highest BCUT2D eigenvalue weighted by Crippen LogP contribution is 2.44. The second kappa shape index (κ2) is 19.0. The minimum Gasteiger partial charge on any atom is -0.494 e. The SMILES string of the molecule is COc1ccc(-c2nc(-c3cc(OC)c(OC)c(OC)c3)n(Cc3ccc(C(=O)CCCOCCOCCN)cc3)c2-c2ccc(OC)c(F)c2)cc1F. The molecule has 54 heavy (non-hydrogen) atoms. The van der Waals surface area contributed by atoms with E-state index in [9.17, 15) is 4.79 Å². The molecule has 0 atom stereocenters. The van der Waals surface area contributed by atoms with E-state index in [2.05, 4.69) is 0 Å². The third-order valence-electron chi connectivity index (χ3n) is 8.68. The van der Waals surface area contributed by atoms with Crippen molar-refractivity contribution >= 4 is 5.78 Å². The standard InChI is InChI=1S/C41H45F2N3O8/c1-48-34-14-12-28(21-31(34)42)38-39(29-13-15-35(49-2)32(43)22-29)46(41(45-38)30-23-36(50-3)40(52-5)37(24-30)51-4)25-26-8-10-27(11-9-26)33(47)7-6-17-53-19-20-54-18-16-44/h8-15,21-24H,6-7,16-20,25,44H2,1-5H3. The number of aromatic nitrogens is 2. The van der Waals surface area contributed by atoms with Crippen molar-refractivity contribution in [2.45, 2.75) is 19.4 Å². The molecule has 2 N–H and O–H groups in total. The minimum absolute atomic E-state index is 0.0107. The molecule has 0 saturated carbocycles. The predicted molar refractivity (Wildman–Crippen MR) is 201 cm³/mol. The Balaban J connectivity index is 1.59. The van der Waals surface area contributed by atoms with Crippen LogP contribution in [0.1, 0.15) is 28.8 Å². The topological polar surface area (TPSA) is 126 Å². The molecular formula is C41H45F2N3O8. The van der Waals surface area contributed by atoms with Crippen LogP contribution in [-0.2, 0) is 16.0 Å².